The van der Waals surface area contributed by atoms with Crippen LogP contribution in [-0.4, -0.2) is 31.6 Å². The van der Waals surface area contributed by atoms with Gasteiger partial charge < -0.3 is 0 Å². The van der Waals surface area contributed by atoms with E-state index in [1.807, 2.05) is 18.2 Å². The van der Waals surface area contributed by atoms with E-state index in [9.17, 15) is 14.9 Å². The number of Topliss-reactive ketones (excluding diaryl/α,β-unsaturated/α-hetero) is 1. The van der Waals surface area contributed by atoms with E-state index < -0.39 is 4.92 Å². The summed E-state index contributed by atoms with van der Waals surface area (Å²) in [7, 11) is 0. The van der Waals surface area contributed by atoms with Gasteiger partial charge in [-0.15, -0.1) is 5.10 Å². The lowest BCUT2D eigenvalue weighted by Crippen LogP contribution is -2.04. The molecule has 2 aromatic carbocycles. The van der Waals surface area contributed by atoms with Crippen molar-refractivity contribution in [2.75, 3.05) is 5.75 Å². The summed E-state index contributed by atoms with van der Waals surface area (Å²) in [6, 6.07) is 11.3. The normalized spacial score (nSPS) is 10.7. The monoisotopic (exact) mass is 452 g/mol. The Bertz CT molecular complexity index is 995. The molecule has 3 rings (SSSR count). The fourth-order valence-corrected chi connectivity index (χ4v) is 3.51. The van der Waals surface area contributed by atoms with Crippen LogP contribution in [0.15, 0.2) is 52.1 Å². The van der Waals surface area contributed by atoms with Crippen LogP contribution >= 0.6 is 39.3 Å². The number of nitro benzene ring substituents is 1. The van der Waals surface area contributed by atoms with Crippen LogP contribution in [0.4, 0.5) is 5.69 Å². The summed E-state index contributed by atoms with van der Waals surface area (Å²) >= 11 is 10.5. The van der Waals surface area contributed by atoms with Gasteiger partial charge in [-0.3, -0.25) is 20.0 Å². The summed E-state index contributed by atoms with van der Waals surface area (Å²) in [6.45, 7) is 0. The third kappa shape index (κ3) is 4.12. The molecule has 0 saturated carbocycles. The fourth-order valence-electron chi connectivity index (χ4n) is 2.13. The maximum Gasteiger partial charge on any atom is 0.270 e. The molecule has 0 aliphatic carbocycles. The van der Waals surface area contributed by atoms with Crippen molar-refractivity contribution in [3.63, 3.8) is 0 Å². The minimum atomic E-state index is -0.540. The van der Waals surface area contributed by atoms with Crippen LogP contribution in [0.2, 0.25) is 5.02 Å². The van der Waals surface area contributed by atoms with Crippen LogP contribution < -0.4 is 0 Å². The number of aromatic nitrogens is 3. The number of non-ortho nitro benzene ring substituents is 1. The molecule has 0 fully saturated rings. The molecule has 26 heavy (non-hydrogen) atoms. The summed E-state index contributed by atoms with van der Waals surface area (Å²) in [5, 5.41) is 18.6. The summed E-state index contributed by atoms with van der Waals surface area (Å²) in [6.07, 6.45) is 0. The highest BCUT2D eigenvalue weighted by atomic mass is 79.9. The molecule has 0 spiro atoms. The van der Waals surface area contributed by atoms with Gasteiger partial charge in [-0.05, 0) is 18.2 Å². The zero-order valence-electron chi connectivity index (χ0n) is 13.0. The number of rotatable bonds is 6. The summed E-state index contributed by atoms with van der Waals surface area (Å²) in [5.41, 5.74) is 0.815. The molecule has 10 heteroatoms. The van der Waals surface area contributed by atoms with Gasteiger partial charge in [0.15, 0.2) is 11.6 Å². The lowest BCUT2D eigenvalue weighted by Gasteiger charge is -2.02. The fraction of sp³-hybridized carbons (Fsp3) is 0.0625. The number of hydrogen-bond donors (Lipinski definition) is 1. The molecule has 0 aliphatic heterocycles. The molecule has 0 bridgehead atoms. The Balaban J connectivity index is 1.72. The zero-order chi connectivity index (χ0) is 18.7. The molecule has 1 aromatic heterocycles. The van der Waals surface area contributed by atoms with Gasteiger partial charge in [0.2, 0.25) is 5.16 Å². The second-order valence-electron chi connectivity index (χ2n) is 5.08. The number of thioether (sulfide) groups is 1. The van der Waals surface area contributed by atoms with Crippen molar-refractivity contribution in [1.82, 2.24) is 15.2 Å². The van der Waals surface area contributed by atoms with E-state index in [0.29, 0.717) is 26.0 Å². The van der Waals surface area contributed by atoms with Gasteiger partial charge in [0.25, 0.3) is 5.69 Å². The third-order valence-corrected chi connectivity index (χ3v) is 5.26. The number of halogens is 2. The average molecular weight is 454 g/mol. The molecule has 7 nitrogen and oxygen atoms in total. The number of carbonyl (C=O) groups is 1. The van der Waals surface area contributed by atoms with Gasteiger partial charge >= 0.3 is 0 Å². The zero-order valence-corrected chi connectivity index (χ0v) is 16.1. The second kappa shape index (κ2) is 7.98. The summed E-state index contributed by atoms with van der Waals surface area (Å²) < 4.78 is 0.500. The first kappa shape index (κ1) is 18.6. The molecule has 0 amide bonds. The van der Waals surface area contributed by atoms with E-state index >= 15 is 0 Å². The average Bonchev–Trinajstić information content (AvgIpc) is 3.09. The molecule has 132 valence electrons. The Kier molecular flexibility index (Phi) is 5.70. The molecule has 0 saturated heterocycles. The molecular weight excluding hydrogens is 444 g/mol. The first-order chi connectivity index (χ1) is 12.5. The number of nitrogens with zero attached hydrogens (tertiary/aromatic N) is 3. The number of nitro groups is 1. The second-order valence-corrected chi connectivity index (χ2v) is 7.28. The Morgan fingerprint density at radius 3 is 2.81 bits per heavy atom. The van der Waals surface area contributed by atoms with E-state index in [4.69, 9.17) is 11.6 Å². The largest absolute Gasteiger partial charge is 0.293 e. The van der Waals surface area contributed by atoms with Gasteiger partial charge in [0.1, 0.15) is 0 Å². The van der Waals surface area contributed by atoms with Crippen LogP contribution in [0.3, 0.4) is 0 Å². The van der Waals surface area contributed by atoms with Crippen molar-refractivity contribution in [2.24, 2.45) is 0 Å². The Morgan fingerprint density at radius 1 is 1.31 bits per heavy atom. The Labute approximate surface area is 165 Å². The highest BCUT2D eigenvalue weighted by Gasteiger charge is 2.17. The van der Waals surface area contributed by atoms with Gasteiger partial charge in [-0.25, -0.2) is 4.98 Å². The van der Waals surface area contributed by atoms with E-state index in [-0.39, 0.29) is 22.8 Å². The number of carbonyl (C=O) groups excluding carboxylic acids is 1. The summed E-state index contributed by atoms with van der Waals surface area (Å²) in [5.74, 6) is 0.274. The van der Waals surface area contributed by atoms with Crippen molar-refractivity contribution in [3.8, 4) is 11.4 Å². The molecule has 3 aromatic rings. The van der Waals surface area contributed by atoms with Gasteiger partial charge in [0, 0.05) is 27.7 Å². The minimum Gasteiger partial charge on any atom is -0.293 e. The molecule has 1 N–H and O–H groups in total. The number of benzene rings is 2. The smallest absolute Gasteiger partial charge is 0.270 e. The third-order valence-electron chi connectivity index (χ3n) is 3.39. The van der Waals surface area contributed by atoms with Crippen LogP contribution in [-0.2, 0) is 0 Å². The molecule has 0 aliphatic rings. The molecule has 0 unspecified atom stereocenters. The highest BCUT2D eigenvalue weighted by molar-refractivity contribution is 9.10. The van der Waals surface area contributed by atoms with Crippen molar-refractivity contribution in [1.29, 1.82) is 0 Å². The van der Waals surface area contributed by atoms with E-state index in [0.717, 1.165) is 11.8 Å². The summed E-state index contributed by atoms with van der Waals surface area (Å²) in [4.78, 5) is 27.0. The lowest BCUT2D eigenvalue weighted by molar-refractivity contribution is -0.384. The number of nitrogens with one attached hydrogen (secondary N) is 1. The van der Waals surface area contributed by atoms with Crippen molar-refractivity contribution >= 4 is 50.8 Å². The van der Waals surface area contributed by atoms with Gasteiger partial charge in [-0.2, -0.15) is 0 Å². The van der Waals surface area contributed by atoms with Gasteiger partial charge in [0.05, 0.1) is 15.7 Å². The first-order valence-electron chi connectivity index (χ1n) is 7.23. The molecule has 0 atom stereocenters. The molecule has 1 heterocycles. The molecular formula is C16H10BrClN4O3S. The highest BCUT2D eigenvalue weighted by Crippen LogP contribution is 2.27. The quantitative estimate of drug-likeness (QED) is 0.250. The number of H-pyrrole nitrogens is 1. The van der Waals surface area contributed by atoms with Crippen molar-refractivity contribution in [3.05, 3.63) is 67.6 Å². The lowest BCUT2D eigenvalue weighted by atomic mass is 10.1. The van der Waals surface area contributed by atoms with E-state index in [1.165, 1.54) is 18.2 Å². The SMILES string of the molecule is O=C(CSc1n[nH]c(-c2ccccc2Cl)n1)c1cc([N+](=O)[O-])ccc1Br. The van der Waals surface area contributed by atoms with Crippen molar-refractivity contribution < 1.29 is 9.72 Å². The van der Waals surface area contributed by atoms with Crippen LogP contribution in [0.25, 0.3) is 11.4 Å². The predicted octanol–water partition coefficient (Wildman–Crippen LogP) is 4.77. The predicted molar refractivity (Wildman–Crippen MR) is 103 cm³/mol. The topological polar surface area (TPSA) is 102 Å². The Hall–Kier alpha value is -2.23. The number of hydrogen-bond acceptors (Lipinski definition) is 6. The first-order valence-corrected chi connectivity index (χ1v) is 9.38. The van der Waals surface area contributed by atoms with Crippen LogP contribution in [0, 0.1) is 10.1 Å². The Morgan fingerprint density at radius 2 is 2.08 bits per heavy atom. The number of ketones is 1. The standard InChI is InChI=1S/C16H10BrClN4O3S/c17-12-6-5-9(22(24)25)7-11(12)14(23)8-26-16-19-15(20-21-16)10-3-1-2-4-13(10)18/h1-7H,8H2,(H,19,20,21). The maximum absolute atomic E-state index is 12.4. The van der Waals surface area contributed by atoms with E-state index in [1.54, 1.807) is 6.07 Å². The maximum atomic E-state index is 12.4. The number of aromatic amines is 1. The molecule has 0 radical (unpaired) electrons. The van der Waals surface area contributed by atoms with Gasteiger partial charge in [-0.1, -0.05) is 51.4 Å². The van der Waals surface area contributed by atoms with Crippen LogP contribution in [0.5, 0.6) is 0 Å². The van der Waals surface area contributed by atoms with Crippen LogP contribution in [0.1, 0.15) is 10.4 Å². The minimum absolute atomic E-state index is 0.0413. The van der Waals surface area contributed by atoms with Crippen molar-refractivity contribution in [2.45, 2.75) is 5.16 Å². The van der Waals surface area contributed by atoms with E-state index in [2.05, 4.69) is 31.1 Å².